The number of hydrogen-bond donors (Lipinski definition) is 1. The molecule has 16 heavy (non-hydrogen) atoms. The van der Waals surface area contributed by atoms with Crippen LogP contribution < -0.4 is 5.32 Å². The molecule has 0 amide bonds. The van der Waals surface area contributed by atoms with Gasteiger partial charge in [-0.2, -0.15) is 0 Å². The van der Waals surface area contributed by atoms with Crippen molar-refractivity contribution in [3.63, 3.8) is 0 Å². The lowest BCUT2D eigenvalue weighted by molar-refractivity contribution is 0.490. The lowest BCUT2D eigenvalue weighted by atomic mass is 10.2. The molecule has 0 saturated carbocycles. The van der Waals surface area contributed by atoms with E-state index in [1.807, 2.05) is 13.0 Å². The Hall–Kier alpha value is -1.48. The summed E-state index contributed by atoms with van der Waals surface area (Å²) in [5.41, 5.74) is 0.561. The van der Waals surface area contributed by atoms with E-state index in [0.717, 1.165) is 5.76 Å². The SMILES string of the molecule is CC(Nc1cc(F)ccc1Cl)c1ccco1. The number of halogens is 2. The molecule has 0 bridgehead atoms. The van der Waals surface area contributed by atoms with Gasteiger partial charge in [0, 0.05) is 0 Å². The van der Waals surface area contributed by atoms with Crippen molar-refractivity contribution >= 4 is 17.3 Å². The molecular formula is C12H11ClFNO. The predicted molar refractivity (Wildman–Crippen MR) is 62.2 cm³/mol. The van der Waals surface area contributed by atoms with Crippen molar-refractivity contribution in [3.05, 3.63) is 53.2 Å². The Kier molecular flexibility index (Phi) is 3.15. The van der Waals surface area contributed by atoms with Crippen LogP contribution in [0.1, 0.15) is 18.7 Å². The minimum absolute atomic E-state index is 0.0608. The maximum Gasteiger partial charge on any atom is 0.125 e. The number of hydrogen-bond acceptors (Lipinski definition) is 2. The summed E-state index contributed by atoms with van der Waals surface area (Å²) in [5, 5.41) is 3.57. The molecule has 2 nitrogen and oxygen atoms in total. The third kappa shape index (κ3) is 2.36. The van der Waals surface area contributed by atoms with E-state index < -0.39 is 0 Å². The Labute approximate surface area is 98.0 Å². The van der Waals surface area contributed by atoms with Crippen molar-refractivity contribution in [1.82, 2.24) is 0 Å². The average Bonchev–Trinajstić information content (AvgIpc) is 2.76. The highest BCUT2D eigenvalue weighted by Crippen LogP contribution is 2.26. The van der Waals surface area contributed by atoms with Gasteiger partial charge in [0.25, 0.3) is 0 Å². The zero-order valence-electron chi connectivity index (χ0n) is 8.71. The summed E-state index contributed by atoms with van der Waals surface area (Å²) in [6.07, 6.45) is 1.60. The molecule has 0 radical (unpaired) electrons. The monoisotopic (exact) mass is 239 g/mol. The molecule has 1 atom stereocenters. The summed E-state index contributed by atoms with van der Waals surface area (Å²) < 4.78 is 18.3. The summed E-state index contributed by atoms with van der Waals surface area (Å²) in [6, 6.07) is 7.81. The topological polar surface area (TPSA) is 25.2 Å². The summed E-state index contributed by atoms with van der Waals surface area (Å²) in [4.78, 5) is 0. The molecule has 2 aromatic rings. The molecule has 84 valence electrons. The van der Waals surface area contributed by atoms with Crippen LogP contribution in [0.4, 0.5) is 10.1 Å². The second-order valence-electron chi connectivity index (χ2n) is 3.51. The first-order valence-corrected chi connectivity index (χ1v) is 5.29. The van der Waals surface area contributed by atoms with Crippen LogP contribution in [0, 0.1) is 5.82 Å². The molecule has 1 aromatic carbocycles. The summed E-state index contributed by atoms with van der Waals surface area (Å²) in [5.74, 6) is 0.457. The Morgan fingerprint density at radius 3 is 2.88 bits per heavy atom. The van der Waals surface area contributed by atoms with Gasteiger partial charge in [0.2, 0.25) is 0 Å². The van der Waals surface area contributed by atoms with E-state index in [1.165, 1.54) is 18.2 Å². The molecule has 1 heterocycles. The van der Waals surface area contributed by atoms with E-state index in [0.29, 0.717) is 10.7 Å². The Balaban J connectivity index is 2.17. The Morgan fingerprint density at radius 1 is 1.38 bits per heavy atom. The van der Waals surface area contributed by atoms with Gasteiger partial charge in [-0.15, -0.1) is 0 Å². The predicted octanol–water partition coefficient (Wildman–Crippen LogP) is 4.25. The smallest absolute Gasteiger partial charge is 0.125 e. The second kappa shape index (κ2) is 4.58. The van der Waals surface area contributed by atoms with E-state index in [4.69, 9.17) is 16.0 Å². The van der Waals surface area contributed by atoms with Crippen LogP contribution in [0.3, 0.4) is 0 Å². The molecule has 0 aliphatic carbocycles. The molecule has 0 fully saturated rings. The normalized spacial score (nSPS) is 12.4. The molecule has 1 N–H and O–H groups in total. The van der Waals surface area contributed by atoms with Gasteiger partial charge in [-0.25, -0.2) is 4.39 Å². The molecule has 0 spiro atoms. The fourth-order valence-electron chi connectivity index (χ4n) is 1.45. The number of benzene rings is 1. The number of anilines is 1. The average molecular weight is 240 g/mol. The van der Waals surface area contributed by atoms with Crippen molar-refractivity contribution in [3.8, 4) is 0 Å². The fourth-order valence-corrected chi connectivity index (χ4v) is 1.62. The highest BCUT2D eigenvalue weighted by atomic mass is 35.5. The summed E-state index contributed by atoms with van der Waals surface area (Å²) in [7, 11) is 0. The lowest BCUT2D eigenvalue weighted by Crippen LogP contribution is -2.06. The first-order chi connectivity index (χ1) is 7.66. The van der Waals surface area contributed by atoms with Crippen molar-refractivity contribution < 1.29 is 8.81 Å². The first kappa shape index (κ1) is 11.0. The van der Waals surface area contributed by atoms with Gasteiger partial charge in [-0.3, -0.25) is 0 Å². The van der Waals surface area contributed by atoms with Crippen molar-refractivity contribution in [2.75, 3.05) is 5.32 Å². The van der Waals surface area contributed by atoms with E-state index in [-0.39, 0.29) is 11.9 Å². The molecule has 0 saturated heterocycles. The van der Waals surface area contributed by atoms with Crippen molar-refractivity contribution in [2.45, 2.75) is 13.0 Å². The van der Waals surface area contributed by atoms with E-state index in [1.54, 1.807) is 12.3 Å². The van der Waals surface area contributed by atoms with Gasteiger partial charge in [0.1, 0.15) is 11.6 Å². The maximum absolute atomic E-state index is 13.0. The van der Waals surface area contributed by atoms with Crippen LogP contribution in [-0.4, -0.2) is 0 Å². The van der Waals surface area contributed by atoms with Crippen LogP contribution in [-0.2, 0) is 0 Å². The lowest BCUT2D eigenvalue weighted by Gasteiger charge is -2.14. The van der Waals surface area contributed by atoms with Crippen LogP contribution in [0.25, 0.3) is 0 Å². The zero-order valence-corrected chi connectivity index (χ0v) is 9.46. The minimum Gasteiger partial charge on any atom is -0.467 e. The highest BCUT2D eigenvalue weighted by Gasteiger charge is 2.10. The highest BCUT2D eigenvalue weighted by molar-refractivity contribution is 6.33. The van der Waals surface area contributed by atoms with Crippen LogP contribution in [0.15, 0.2) is 41.0 Å². The van der Waals surface area contributed by atoms with Crippen molar-refractivity contribution in [2.24, 2.45) is 0 Å². The number of furan rings is 1. The van der Waals surface area contributed by atoms with Crippen molar-refractivity contribution in [1.29, 1.82) is 0 Å². The van der Waals surface area contributed by atoms with E-state index >= 15 is 0 Å². The minimum atomic E-state index is -0.321. The Morgan fingerprint density at radius 2 is 2.19 bits per heavy atom. The summed E-state index contributed by atoms with van der Waals surface area (Å²) in [6.45, 7) is 1.92. The fraction of sp³-hybridized carbons (Fsp3) is 0.167. The molecular weight excluding hydrogens is 229 g/mol. The van der Waals surface area contributed by atoms with Crippen LogP contribution in [0.2, 0.25) is 5.02 Å². The Bertz CT molecular complexity index is 470. The van der Waals surface area contributed by atoms with Crippen LogP contribution >= 0.6 is 11.6 Å². The zero-order chi connectivity index (χ0) is 11.5. The quantitative estimate of drug-likeness (QED) is 0.867. The van der Waals surface area contributed by atoms with Gasteiger partial charge >= 0.3 is 0 Å². The van der Waals surface area contributed by atoms with Gasteiger partial charge in [0.05, 0.1) is 23.0 Å². The molecule has 2 rings (SSSR count). The molecule has 1 unspecified atom stereocenters. The van der Waals surface area contributed by atoms with E-state index in [9.17, 15) is 4.39 Å². The first-order valence-electron chi connectivity index (χ1n) is 4.92. The van der Waals surface area contributed by atoms with Gasteiger partial charge in [-0.1, -0.05) is 11.6 Å². The largest absolute Gasteiger partial charge is 0.467 e. The second-order valence-corrected chi connectivity index (χ2v) is 3.91. The van der Waals surface area contributed by atoms with Gasteiger partial charge < -0.3 is 9.73 Å². The molecule has 0 aliphatic heterocycles. The molecule has 4 heteroatoms. The van der Waals surface area contributed by atoms with Gasteiger partial charge in [0.15, 0.2) is 0 Å². The number of rotatable bonds is 3. The van der Waals surface area contributed by atoms with E-state index in [2.05, 4.69) is 5.32 Å². The molecule has 1 aromatic heterocycles. The van der Waals surface area contributed by atoms with Crippen LogP contribution in [0.5, 0.6) is 0 Å². The summed E-state index contributed by atoms with van der Waals surface area (Å²) >= 11 is 5.94. The van der Waals surface area contributed by atoms with Gasteiger partial charge in [-0.05, 0) is 37.3 Å². The third-order valence-corrected chi connectivity index (χ3v) is 2.60. The number of nitrogens with one attached hydrogen (secondary N) is 1. The standard InChI is InChI=1S/C12H11ClFNO/c1-8(12-3-2-6-16-12)15-11-7-9(14)4-5-10(11)13/h2-8,15H,1H3. The maximum atomic E-state index is 13.0. The third-order valence-electron chi connectivity index (χ3n) is 2.27. The molecule has 0 aliphatic rings.